The number of aromatic nitrogens is 8. The van der Waals surface area contributed by atoms with Gasteiger partial charge in [0.05, 0.1) is 19.3 Å². The third-order valence-corrected chi connectivity index (χ3v) is 9.76. The molecule has 24 heteroatoms. The molecule has 0 spiro atoms. The highest BCUT2D eigenvalue weighted by Crippen LogP contribution is 2.53. The third-order valence-electron chi connectivity index (χ3n) is 7.15. The van der Waals surface area contributed by atoms with Crippen LogP contribution in [-0.2, 0) is 44.2 Å². The van der Waals surface area contributed by atoms with E-state index in [0.717, 1.165) is 0 Å². The van der Waals surface area contributed by atoms with E-state index in [0.29, 0.717) is 0 Å². The number of imidazole rings is 2. The van der Waals surface area contributed by atoms with Crippen LogP contribution in [0.1, 0.15) is 12.5 Å². The van der Waals surface area contributed by atoms with Gasteiger partial charge in [0.1, 0.15) is 54.2 Å². The maximum absolute atomic E-state index is 13.2. The first-order chi connectivity index (χ1) is 20.9. The molecule has 8 N–H and O–H groups in total. The molecule has 0 saturated carbocycles. The number of nitrogen functional groups attached to an aromatic ring is 2. The van der Waals surface area contributed by atoms with Crippen molar-refractivity contribution < 1.29 is 52.3 Å². The second kappa shape index (κ2) is 10.9. The summed E-state index contributed by atoms with van der Waals surface area (Å²) >= 11 is 5.19. The molecule has 4 aromatic heterocycles. The molecule has 0 bridgehead atoms. The van der Waals surface area contributed by atoms with Gasteiger partial charge in [-0.1, -0.05) is 0 Å². The van der Waals surface area contributed by atoms with E-state index in [1.165, 1.54) is 34.4 Å². The molecule has 4 aromatic rings. The Morgan fingerprint density at radius 3 is 2.02 bits per heavy atom. The molecule has 6 unspecified atom stereocenters. The first-order valence-corrected chi connectivity index (χ1v) is 17.1. The van der Waals surface area contributed by atoms with Gasteiger partial charge in [-0.3, -0.25) is 22.7 Å². The summed E-state index contributed by atoms with van der Waals surface area (Å²) in [5.41, 5.74) is 12.6. The van der Waals surface area contributed by atoms with Crippen LogP contribution >= 0.6 is 14.3 Å². The largest absolute Gasteiger partial charge is 0.386 e. The lowest BCUT2D eigenvalue weighted by Crippen LogP contribution is -2.38. The number of rotatable bonds is 2. The molecule has 3 saturated heterocycles. The van der Waals surface area contributed by atoms with E-state index in [2.05, 4.69) is 29.9 Å². The van der Waals surface area contributed by atoms with Crippen LogP contribution < -0.4 is 11.5 Å². The van der Waals surface area contributed by atoms with Crippen molar-refractivity contribution in [3.63, 3.8) is 0 Å². The number of ether oxygens (including phenoxy) is 3. The number of hydrogen-bond donors (Lipinski definition) is 6. The number of aliphatic hydroxyl groups excluding tert-OH is 2. The van der Waals surface area contributed by atoms with Crippen LogP contribution in [0, 0.1) is 0 Å². The predicted molar refractivity (Wildman–Crippen MR) is 147 cm³/mol. The standard InChI is InChI=1S/C20H24N10O11P2S/c21-14-8-16(25-2-23-14)29(4-27-8)18-10(31)12-7(38-18)1-37-43(35,44)41-13-11(32)19(39-20(13)36-6-42(33,34)40-12)30-5-28-9-15(22)24-3-26-17(9)30/h2-5,7,10-13,18-20,31-32H,1,6H2,(H,33,34)(H,35,44)(H2,21,23,25)(H2,22,24,26)/t7-,10?,11?,12?,13?,18-,19-,20+,43?/m1/s1. The van der Waals surface area contributed by atoms with E-state index in [9.17, 15) is 24.6 Å². The Hall–Kier alpha value is -2.82. The van der Waals surface area contributed by atoms with Crippen LogP contribution in [0.15, 0.2) is 25.3 Å². The summed E-state index contributed by atoms with van der Waals surface area (Å²) in [5, 5.41) is 22.4. The molecule has 3 fully saturated rings. The third kappa shape index (κ3) is 5.16. The minimum Gasteiger partial charge on any atom is -0.386 e. The summed E-state index contributed by atoms with van der Waals surface area (Å²) in [6, 6.07) is 0. The van der Waals surface area contributed by atoms with E-state index in [4.69, 9.17) is 51.1 Å². The Morgan fingerprint density at radius 2 is 1.41 bits per heavy atom. The summed E-state index contributed by atoms with van der Waals surface area (Å²) in [5.74, 6) is 0.159. The van der Waals surface area contributed by atoms with E-state index in [1.54, 1.807) is 0 Å². The Kier molecular flexibility index (Phi) is 7.41. The molecule has 44 heavy (non-hydrogen) atoms. The van der Waals surface area contributed by atoms with Crippen LogP contribution in [0.3, 0.4) is 0 Å². The SMILES string of the molecule is Nc1ncnc2c1ncn2[C@@H]1O[C@@H]2OCP(=O)(O)OC3C(O)[C@H](n4cnc5c(N)ncnc54)O[C@@H]3COP(O)(=S)OC2C1O. The van der Waals surface area contributed by atoms with Crippen molar-refractivity contribution in [3.05, 3.63) is 25.3 Å². The van der Waals surface area contributed by atoms with E-state index < -0.39 is 76.5 Å². The number of aliphatic hydroxyl groups is 2. The van der Waals surface area contributed by atoms with Crippen molar-refractivity contribution >= 4 is 60.1 Å². The lowest BCUT2D eigenvalue weighted by molar-refractivity contribution is -0.167. The van der Waals surface area contributed by atoms with Gasteiger partial charge in [0.2, 0.25) is 0 Å². The summed E-state index contributed by atoms with van der Waals surface area (Å²) in [7, 11) is -4.67. The predicted octanol–water partition coefficient (Wildman–Crippen LogP) is -1.52. The van der Waals surface area contributed by atoms with Gasteiger partial charge in [-0.2, -0.15) is 0 Å². The van der Waals surface area contributed by atoms with Gasteiger partial charge in [0.25, 0.3) is 0 Å². The fourth-order valence-electron chi connectivity index (χ4n) is 5.16. The summed E-state index contributed by atoms with van der Waals surface area (Å²) in [6.45, 7) is -4.75. The van der Waals surface area contributed by atoms with Crippen molar-refractivity contribution in [2.75, 3.05) is 24.4 Å². The summed E-state index contributed by atoms with van der Waals surface area (Å²) in [6.07, 6.45) is -7.57. The van der Waals surface area contributed by atoms with Crippen molar-refractivity contribution in [2.24, 2.45) is 0 Å². The van der Waals surface area contributed by atoms with Gasteiger partial charge < -0.3 is 50.2 Å². The molecule has 7 rings (SSSR count). The van der Waals surface area contributed by atoms with Gasteiger partial charge in [-0.15, -0.1) is 0 Å². The Balaban J connectivity index is 1.17. The number of nitrogens with zero attached hydrogens (tertiary/aromatic N) is 8. The highest BCUT2D eigenvalue weighted by molar-refractivity contribution is 8.07. The molecular formula is C20H24N10O11P2S. The van der Waals surface area contributed by atoms with Gasteiger partial charge in [0.15, 0.2) is 48.0 Å². The van der Waals surface area contributed by atoms with Crippen LogP contribution in [0.25, 0.3) is 22.3 Å². The van der Waals surface area contributed by atoms with Crippen molar-refractivity contribution in [2.45, 2.75) is 49.3 Å². The lowest BCUT2D eigenvalue weighted by Gasteiger charge is -2.29. The van der Waals surface area contributed by atoms with Gasteiger partial charge in [0, 0.05) is 0 Å². The van der Waals surface area contributed by atoms with E-state index in [-0.39, 0.29) is 34.0 Å². The molecule has 0 amide bonds. The number of hydrogen-bond acceptors (Lipinski definition) is 18. The van der Waals surface area contributed by atoms with Crippen LogP contribution in [0.5, 0.6) is 0 Å². The molecule has 3 aliphatic rings. The van der Waals surface area contributed by atoms with Crippen molar-refractivity contribution in [3.8, 4) is 0 Å². The first kappa shape index (κ1) is 29.9. The maximum atomic E-state index is 13.2. The zero-order valence-corrected chi connectivity index (χ0v) is 24.6. The van der Waals surface area contributed by atoms with E-state index in [1.807, 2.05) is 0 Å². The Bertz CT molecular complexity index is 1700. The molecule has 21 nitrogen and oxygen atoms in total. The topological polar surface area (TPSA) is 293 Å². The normalized spacial score (nSPS) is 38.3. The second-order valence-corrected chi connectivity index (χ2v) is 14.5. The Labute approximate surface area is 250 Å². The molecule has 0 aliphatic carbocycles. The fourth-order valence-corrected chi connectivity index (χ4v) is 7.61. The minimum atomic E-state index is -4.67. The molecule has 3 aliphatic heterocycles. The Morgan fingerprint density at radius 1 is 0.841 bits per heavy atom. The summed E-state index contributed by atoms with van der Waals surface area (Å²) in [4.78, 5) is 45.9. The van der Waals surface area contributed by atoms with Crippen molar-refractivity contribution in [1.29, 1.82) is 0 Å². The quantitative estimate of drug-likeness (QED) is 0.132. The molecular weight excluding hydrogens is 650 g/mol. The minimum absolute atomic E-state index is 0.0775. The smallest absolute Gasteiger partial charge is 0.354 e. The fraction of sp³-hybridized carbons (Fsp3) is 0.500. The zero-order valence-electron chi connectivity index (χ0n) is 22.0. The average molecular weight is 674 g/mol. The van der Waals surface area contributed by atoms with E-state index >= 15 is 0 Å². The molecule has 236 valence electrons. The molecule has 0 aromatic carbocycles. The second-order valence-electron chi connectivity index (χ2n) is 9.94. The first-order valence-electron chi connectivity index (χ1n) is 12.7. The maximum Gasteiger partial charge on any atom is 0.354 e. The molecule has 0 radical (unpaired) electrons. The van der Waals surface area contributed by atoms with Gasteiger partial charge in [-0.25, -0.2) is 29.9 Å². The van der Waals surface area contributed by atoms with Crippen LogP contribution in [0.2, 0.25) is 0 Å². The number of fused-ring (bicyclic) bond motifs is 4. The lowest BCUT2D eigenvalue weighted by atomic mass is 10.1. The zero-order chi connectivity index (χ0) is 31.0. The summed E-state index contributed by atoms with van der Waals surface area (Å²) < 4.78 is 49.7. The highest BCUT2D eigenvalue weighted by atomic mass is 32.5. The molecule has 10 atom stereocenters. The number of anilines is 2. The van der Waals surface area contributed by atoms with Crippen LogP contribution in [0.4, 0.5) is 11.6 Å². The molecule has 7 heterocycles. The van der Waals surface area contributed by atoms with Gasteiger partial charge in [-0.05, 0) is 11.8 Å². The van der Waals surface area contributed by atoms with Crippen molar-refractivity contribution in [1.82, 2.24) is 39.0 Å². The van der Waals surface area contributed by atoms with Crippen LogP contribution in [-0.4, -0.2) is 109 Å². The van der Waals surface area contributed by atoms with Gasteiger partial charge >= 0.3 is 14.3 Å². The number of nitrogens with two attached hydrogens (primary N) is 2. The average Bonchev–Trinajstić information content (AvgIpc) is 3.73. The highest BCUT2D eigenvalue weighted by Gasteiger charge is 2.53. The monoisotopic (exact) mass is 674 g/mol.